The number of phenols is 1. The first-order valence-corrected chi connectivity index (χ1v) is 5.90. The van der Waals surface area contributed by atoms with Crippen molar-refractivity contribution in [3.63, 3.8) is 0 Å². The lowest BCUT2D eigenvalue weighted by atomic mass is 10.2. The molecule has 0 bridgehead atoms. The van der Waals surface area contributed by atoms with E-state index in [2.05, 4.69) is 5.32 Å². The predicted molar refractivity (Wildman–Crippen MR) is 77.4 cm³/mol. The summed E-state index contributed by atoms with van der Waals surface area (Å²) in [5.41, 5.74) is 6.11. The Morgan fingerprint density at radius 1 is 1.00 bits per heavy atom. The van der Waals surface area contributed by atoms with Crippen LogP contribution in [0.15, 0.2) is 54.6 Å². The van der Waals surface area contributed by atoms with Gasteiger partial charge in [0.1, 0.15) is 5.75 Å². The minimum Gasteiger partial charge on any atom is -0.508 e. The minimum absolute atomic E-state index is 0.146. The van der Waals surface area contributed by atoms with Crippen LogP contribution in [-0.4, -0.2) is 16.9 Å². The molecule has 0 heterocycles. The first-order chi connectivity index (χ1) is 9.49. The summed E-state index contributed by atoms with van der Waals surface area (Å²) in [5.74, 6) is -0.302. The molecule has 2 aromatic carbocycles. The first-order valence-electron chi connectivity index (χ1n) is 5.90. The van der Waals surface area contributed by atoms with Crippen molar-refractivity contribution in [2.24, 2.45) is 5.73 Å². The summed E-state index contributed by atoms with van der Waals surface area (Å²) < 4.78 is 0. The lowest BCUT2D eigenvalue weighted by Gasteiger charge is -2.01. The first kappa shape index (κ1) is 15.2. The molecule has 0 saturated heterocycles. The fourth-order valence-corrected chi connectivity index (χ4v) is 1.35. The maximum atomic E-state index is 10.7. The summed E-state index contributed by atoms with van der Waals surface area (Å²) in [4.78, 5) is 21.3. The van der Waals surface area contributed by atoms with E-state index in [-0.39, 0.29) is 5.91 Å². The summed E-state index contributed by atoms with van der Waals surface area (Å²) in [6, 6.07) is 15.1. The fraction of sp³-hybridized carbons (Fsp3) is 0.0667. The van der Waals surface area contributed by atoms with Crippen LogP contribution in [0.25, 0.3) is 0 Å². The molecule has 2 aromatic rings. The molecule has 0 aliphatic rings. The molecular formula is C15H16N2O3. The lowest BCUT2D eigenvalue weighted by Crippen LogP contribution is -2.11. The Kier molecular flexibility index (Phi) is 5.77. The van der Waals surface area contributed by atoms with Crippen molar-refractivity contribution in [1.82, 2.24) is 0 Å². The van der Waals surface area contributed by atoms with E-state index in [1.54, 1.807) is 48.5 Å². The number of nitrogens with two attached hydrogens (primary N) is 1. The van der Waals surface area contributed by atoms with Crippen LogP contribution in [0, 0.1) is 0 Å². The van der Waals surface area contributed by atoms with Crippen molar-refractivity contribution in [2.45, 2.75) is 6.92 Å². The minimum atomic E-state index is -0.477. The molecule has 0 fully saturated rings. The number of benzene rings is 2. The zero-order valence-corrected chi connectivity index (χ0v) is 11.0. The zero-order chi connectivity index (χ0) is 15.0. The highest BCUT2D eigenvalue weighted by atomic mass is 16.3. The largest absolute Gasteiger partial charge is 0.508 e. The van der Waals surface area contributed by atoms with E-state index in [4.69, 9.17) is 10.8 Å². The van der Waals surface area contributed by atoms with E-state index in [1.807, 2.05) is 6.07 Å². The number of rotatable bonds is 2. The molecule has 0 radical (unpaired) electrons. The van der Waals surface area contributed by atoms with Crippen molar-refractivity contribution < 1.29 is 14.7 Å². The van der Waals surface area contributed by atoms with Gasteiger partial charge in [0, 0.05) is 18.2 Å². The molecule has 0 spiro atoms. The van der Waals surface area contributed by atoms with Crippen LogP contribution in [0.2, 0.25) is 0 Å². The van der Waals surface area contributed by atoms with Gasteiger partial charge in [0.25, 0.3) is 0 Å². The normalized spacial score (nSPS) is 9.05. The highest BCUT2D eigenvalue weighted by Gasteiger charge is 1.99. The van der Waals surface area contributed by atoms with Gasteiger partial charge < -0.3 is 16.2 Å². The van der Waals surface area contributed by atoms with Gasteiger partial charge in [-0.1, -0.05) is 18.2 Å². The van der Waals surface area contributed by atoms with Gasteiger partial charge in [-0.3, -0.25) is 9.59 Å². The smallest absolute Gasteiger partial charge is 0.248 e. The van der Waals surface area contributed by atoms with Crippen molar-refractivity contribution in [1.29, 1.82) is 0 Å². The molecule has 2 amide bonds. The quantitative estimate of drug-likeness (QED) is 0.782. The summed E-state index contributed by atoms with van der Waals surface area (Å²) >= 11 is 0. The molecule has 5 heteroatoms. The molecule has 0 atom stereocenters. The monoisotopic (exact) mass is 272 g/mol. The molecule has 104 valence electrons. The van der Waals surface area contributed by atoms with Crippen LogP contribution in [0.1, 0.15) is 17.3 Å². The summed E-state index contributed by atoms with van der Waals surface area (Å²) in [7, 11) is 0. The Balaban J connectivity index is 0.000000240. The highest BCUT2D eigenvalue weighted by Crippen LogP contribution is 2.08. The van der Waals surface area contributed by atoms with Gasteiger partial charge in [0.15, 0.2) is 0 Å². The van der Waals surface area contributed by atoms with Gasteiger partial charge in [0.2, 0.25) is 11.8 Å². The Labute approximate surface area is 117 Å². The van der Waals surface area contributed by atoms with Gasteiger partial charge in [-0.25, -0.2) is 0 Å². The van der Waals surface area contributed by atoms with E-state index >= 15 is 0 Å². The Hall–Kier alpha value is -2.82. The highest BCUT2D eigenvalue weighted by molar-refractivity contribution is 5.94. The number of amides is 2. The molecule has 2 rings (SSSR count). The molecule has 0 aromatic heterocycles. The molecule has 20 heavy (non-hydrogen) atoms. The molecule has 0 aliphatic heterocycles. The number of hydrogen-bond donors (Lipinski definition) is 3. The maximum Gasteiger partial charge on any atom is 0.248 e. The van der Waals surface area contributed by atoms with Crippen LogP contribution in [0.5, 0.6) is 5.75 Å². The standard InChI is InChI=1S/C9H10N2O2.C6H6O/c1-6(12)11-8-4-2-7(3-5-8)9(10)13;7-6-4-2-1-3-5-6/h2-5H,1H3,(H2,10,13)(H,11,12);1-5,7H. The van der Waals surface area contributed by atoms with Gasteiger partial charge in [0.05, 0.1) is 0 Å². The number of primary amides is 1. The molecule has 4 N–H and O–H groups in total. The molecule has 0 saturated carbocycles. The number of hydrogen-bond acceptors (Lipinski definition) is 3. The molecule has 0 unspecified atom stereocenters. The third-order valence-electron chi connectivity index (χ3n) is 2.25. The second-order valence-electron chi connectivity index (χ2n) is 3.96. The van der Waals surface area contributed by atoms with Gasteiger partial charge >= 0.3 is 0 Å². The number of anilines is 1. The number of phenolic OH excluding ortho intramolecular Hbond substituents is 1. The topological polar surface area (TPSA) is 92.4 Å². The van der Waals surface area contributed by atoms with E-state index in [1.165, 1.54) is 6.92 Å². The summed E-state index contributed by atoms with van der Waals surface area (Å²) in [6.07, 6.45) is 0. The summed E-state index contributed by atoms with van der Waals surface area (Å²) in [6.45, 7) is 1.42. The van der Waals surface area contributed by atoms with Crippen molar-refractivity contribution in [3.8, 4) is 5.75 Å². The predicted octanol–water partition coefficient (Wildman–Crippen LogP) is 2.14. The number of para-hydroxylation sites is 1. The van der Waals surface area contributed by atoms with Crippen LogP contribution in [0.3, 0.4) is 0 Å². The number of carbonyl (C=O) groups is 2. The van der Waals surface area contributed by atoms with E-state index in [0.29, 0.717) is 17.0 Å². The van der Waals surface area contributed by atoms with Crippen LogP contribution < -0.4 is 11.1 Å². The second-order valence-corrected chi connectivity index (χ2v) is 3.96. The third-order valence-corrected chi connectivity index (χ3v) is 2.25. The summed E-state index contributed by atoms with van der Waals surface area (Å²) in [5, 5.41) is 11.2. The third kappa shape index (κ3) is 5.68. The molecule has 5 nitrogen and oxygen atoms in total. The van der Waals surface area contributed by atoms with E-state index in [0.717, 1.165) is 0 Å². The van der Waals surface area contributed by atoms with Gasteiger partial charge in [-0.05, 0) is 36.4 Å². The zero-order valence-electron chi connectivity index (χ0n) is 11.0. The van der Waals surface area contributed by atoms with Crippen molar-refractivity contribution in [3.05, 3.63) is 60.2 Å². The van der Waals surface area contributed by atoms with Crippen LogP contribution >= 0.6 is 0 Å². The lowest BCUT2D eigenvalue weighted by molar-refractivity contribution is -0.114. The average Bonchev–Trinajstić information content (AvgIpc) is 2.40. The Bertz CT molecular complexity index is 565. The fourth-order valence-electron chi connectivity index (χ4n) is 1.35. The van der Waals surface area contributed by atoms with Gasteiger partial charge in [-0.2, -0.15) is 0 Å². The van der Waals surface area contributed by atoms with Crippen molar-refractivity contribution >= 4 is 17.5 Å². The molecular weight excluding hydrogens is 256 g/mol. The maximum absolute atomic E-state index is 10.7. The number of aromatic hydroxyl groups is 1. The van der Waals surface area contributed by atoms with E-state index in [9.17, 15) is 9.59 Å². The van der Waals surface area contributed by atoms with Crippen molar-refractivity contribution in [2.75, 3.05) is 5.32 Å². The van der Waals surface area contributed by atoms with Crippen LogP contribution in [0.4, 0.5) is 5.69 Å². The number of nitrogens with one attached hydrogen (secondary N) is 1. The van der Waals surface area contributed by atoms with Gasteiger partial charge in [-0.15, -0.1) is 0 Å². The number of carbonyl (C=O) groups excluding carboxylic acids is 2. The Morgan fingerprint density at radius 3 is 1.90 bits per heavy atom. The Morgan fingerprint density at radius 2 is 1.55 bits per heavy atom. The van der Waals surface area contributed by atoms with E-state index < -0.39 is 5.91 Å². The second kappa shape index (κ2) is 7.58. The average molecular weight is 272 g/mol. The van der Waals surface area contributed by atoms with Crippen LogP contribution in [-0.2, 0) is 4.79 Å². The SMILES string of the molecule is CC(=O)Nc1ccc(C(N)=O)cc1.Oc1ccccc1. The molecule has 0 aliphatic carbocycles.